The van der Waals surface area contributed by atoms with Gasteiger partial charge in [-0.3, -0.25) is 15.1 Å². The second-order valence-corrected chi connectivity index (χ2v) is 11.3. The molecule has 2 N–H and O–H groups in total. The Morgan fingerprint density at radius 1 is 1.07 bits per heavy atom. The van der Waals surface area contributed by atoms with Gasteiger partial charge in [0.05, 0.1) is 22.7 Å². The van der Waals surface area contributed by atoms with E-state index in [9.17, 15) is 31.1 Å². The van der Waals surface area contributed by atoms with Gasteiger partial charge in [-0.25, -0.2) is 15.1 Å². The van der Waals surface area contributed by atoms with Crippen LogP contribution in [0.4, 0.5) is 32.0 Å². The van der Waals surface area contributed by atoms with E-state index in [0.717, 1.165) is 40.4 Å². The molecule has 0 spiro atoms. The lowest BCUT2D eigenvalue weighted by Crippen LogP contribution is -2.39. The molecular weight excluding hydrogens is 680 g/mol. The molecule has 46 heavy (non-hydrogen) atoms. The first-order valence-corrected chi connectivity index (χ1v) is 14.8. The fourth-order valence-electron chi connectivity index (χ4n) is 4.22. The summed E-state index contributed by atoms with van der Waals surface area (Å²) in [5.41, 5.74) is 6.17. The van der Waals surface area contributed by atoms with Crippen molar-refractivity contribution < 1.29 is 35.9 Å². The number of aliphatic imine (C=N–C) groups is 1. The highest BCUT2D eigenvalue weighted by Crippen LogP contribution is 2.40. The number of carbonyl (C=O) groups excluding carboxylic acids is 1. The van der Waals surface area contributed by atoms with Crippen LogP contribution in [0.15, 0.2) is 78.0 Å². The maximum atomic E-state index is 13.7. The van der Waals surface area contributed by atoms with Crippen LogP contribution in [0, 0.1) is 0 Å². The second-order valence-electron chi connectivity index (χ2n) is 9.54. The molecule has 1 fully saturated rings. The normalized spacial score (nSPS) is 15.3. The fraction of sp³-hybridized carbons (Fsp3) is 0.179. The van der Waals surface area contributed by atoms with Gasteiger partial charge in [0.15, 0.2) is 11.0 Å². The molecule has 2 heterocycles. The summed E-state index contributed by atoms with van der Waals surface area (Å²) in [7, 11) is 0. The number of carbonyl (C=O) groups is 1. The van der Waals surface area contributed by atoms with Crippen LogP contribution in [-0.4, -0.2) is 43.1 Å². The molecule has 3 aromatic carbocycles. The van der Waals surface area contributed by atoms with Gasteiger partial charge in [0, 0.05) is 16.6 Å². The van der Waals surface area contributed by atoms with Crippen LogP contribution in [0.1, 0.15) is 24.1 Å². The Morgan fingerprint density at radius 2 is 1.76 bits per heavy atom. The molecule has 18 heteroatoms. The Hall–Kier alpha value is -4.19. The third-order valence-corrected chi connectivity index (χ3v) is 7.71. The monoisotopic (exact) mass is 699 g/mol. The van der Waals surface area contributed by atoms with E-state index in [0.29, 0.717) is 17.1 Å². The van der Waals surface area contributed by atoms with Crippen molar-refractivity contribution in [3.63, 3.8) is 0 Å². The van der Waals surface area contributed by atoms with E-state index in [2.05, 4.69) is 30.7 Å². The van der Waals surface area contributed by atoms with Crippen molar-refractivity contribution in [3.05, 3.63) is 89.2 Å². The van der Waals surface area contributed by atoms with E-state index in [-0.39, 0.29) is 32.8 Å². The molecule has 1 aliphatic heterocycles. The summed E-state index contributed by atoms with van der Waals surface area (Å²) < 4.78 is 83.5. The smallest absolute Gasteiger partial charge is 0.406 e. The number of nitrogens with zero attached hydrogens (tertiary/aromatic N) is 5. The highest BCUT2D eigenvalue weighted by Gasteiger charge is 2.40. The van der Waals surface area contributed by atoms with Gasteiger partial charge in [-0.15, -0.1) is 18.3 Å². The summed E-state index contributed by atoms with van der Waals surface area (Å²) in [6.07, 6.45) is -8.10. The van der Waals surface area contributed by atoms with Gasteiger partial charge in [0.1, 0.15) is 12.1 Å². The number of hydrogen-bond donors (Lipinski definition) is 2. The van der Waals surface area contributed by atoms with Crippen LogP contribution in [0.25, 0.3) is 17.1 Å². The van der Waals surface area contributed by atoms with Crippen LogP contribution in [0.3, 0.4) is 0 Å². The Morgan fingerprint density at radius 3 is 2.41 bits per heavy atom. The van der Waals surface area contributed by atoms with Crippen molar-refractivity contribution in [2.45, 2.75) is 25.5 Å². The SMILES string of the molecule is CC(NNC(=S)N=C1SCC(=O)N1c1cc(Cl)ccc1C(F)(F)F)c1ccc(-c2ncn(-c3ccc(OC(F)(F)F)cc3)n2)cc1. The van der Waals surface area contributed by atoms with Crippen LogP contribution < -0.4 is 20.5 Å². The predicted octanol–water partition coefficient (Wildman–Crippen LogP) is 7.08. The predicted molar refractivity (Wildman–Crippen MR) is 165 cm³/mol. The minimum Gasteiger partial charge on any atom is -0.406 e. The molecule has 4 aromatic rings. The van der Waals surface area contributed by atoms with E-state index in [1.165, 1.54) is 35.3 Å². The first-order chi connectivity index (χ1) is 21.7. The second kappa shape index (κ2) is 13.3. The lowest BCUT2D eigenvalue weighted by Gasteiger charge is -2.21. The first-order valence-electron chi connectivity index (χ1n) is 13.0. The average molecular weight is 700 g/mol. The van der Waals surface area contributed by atoms with Crippen molar-refractivity contribution in [3.8, 4) is 22.8 Å². The Kier molecular flexibility index (Phi) is 9.57. The molecule has 9 nitrogen and oxygen atoms in total. The minimum atomic E-state index is -4.79. The highest BCUT2D eigenvalue weighted by molar-refractivity contribution is 8.15. The third kappa shape index (κ3) is 7.96. The zero-order valence-corrected chi connectivity index (χ0v) is 25.6. The van der Waals surface area contributed by atoms with Gasteiger partial charge in [-0.05, 0) is 67.2 Å². The zero-order valence-electron chi connectivity index (χ0n) is 23.2. The molecule has 1 aromatic heterocycles. The summed E-state index contributed by atoms with van der Waals surface area (Å²) in [4.78, 5) is 21.8. The molecule has 1 aliphatic rings. The molecule has 0 bridgehead atoms. The summed E-state index contributed by atoms with van der Waals surface area (Å²) in [6, 6.07) is 14.9. The van der Waals surface area contributed by atoms with Gasteiger partial charge in [-0.2, -0.15) is 18.2 Å². The molecule has 0 saturated carbocycles. The number of thioether (sulfide) groups is 1. The fourth-order valence-corrected chi connectivity index (χ4v) is 5.46. The lowest BCUT2D eigenvalue weighted by atomic mass is 10.1. The Labute approximate surface area is 271 Å². The van der Waals surface area contributed by atoms with E-state index >= 15 is 0 Å². The Balaban J connectivity index is 1.21. The topological polar surface area (TPSA) is 96.7 Å². The van der Waals surface area contributed by atoms with Gasteiger partial charge < -0.3 is 4.74 Å². The van der Waals surface area contributed by atoms with E-state index in [4.69, 9.17) is 23.8 Å². The molecule has 0 radical (unpaired) electrons. The minimum absolute atomic E-state index is 0.0199. The molecular formula is C28H20ClF6N7O2S2. The molecule has 5 rings (SSSR count). The largest absolute Gasteiger partial charge is 0.573 e. The molecule has 1 unspecified atom stereocenters. The number of alkyl halides is 6. The van der Waals surface area contributed by atoms with Gasteiger partial charge >= 0.3 is 12.5 Å². The van der Waals surface area contributed by atoms with E-state index < -0.39 is 29.7 Å². The summed E-state index contributed by atoms with van der Waals surface area (Å²) >= 11 is 12.1. The van der Waals surface area contributed by atoms with E-state index in [1.54, 1.807) is 24.3 Å². The first kappa shape index (κ1) is 33.2. The maximum absolute atomic E-state index is 13.7. The Bertz CT molecular complexity index is 1780. The summed E-state index contributed by atoms with van der Waals surface area (Å²) in [5, 5.41) is 4.25. The maximum Gasteiger partial charge on any atom is 0.573 e. The number of hydrazine groups is 1. The number of halogens is 7. The van der Waals surface area contributed by atoms with Gasteiger partial charge in [-0.1, -0.05) is 47.6 Å². The number of ether oxygens (including phenoxy) is 1. The van der Waals surface area contributed by atoms with Crippen molar-refractivity contribution >= 4 is 57.5 Å². The van der Waals surface area contributed by atoms with Gasteiger partial charge in [0.2, 0.25) is 11.0 Å². The van der Waals surface area contributed by atoms with E-state index in [1.807, 2.05) is 6.92 Å². The molecule has 240 valence electrons. The number of anilines is 1. The summed E-state index contributed by atoms with van der Waals surface area (Å²) in [5.74, 6) is -0.713. The number of hydrogen-bond acceptors (Lipinski definition) is 7. The standard InChI is InChI=1S/C28H20ClF6N7O2S2/c1-15(38-39-25(45)37-26-42(23(43)13-46-26)22-12-18(29)6-11-21(22)27(30,31)32)16-2-4-17(5-3-16)24-36-14-41(40-24)19-7-9-20(10-8-19)44-28(33,34)35/h2-12,14-15,38H,13H2,1H3,(H,39,45). The third-order valence-electron chi connectivity index (χ3n) is 6.36. The number of aromatic nitrogens is 3. The van der Waals surface area contributed by atoms with Gasteiger partial charge in [0.25, 0.3) is 0 Å². The number of amides is 1. The van der Waals surface area contributed by atoms with Crippen molar-refractivity contribution in [2.75, 3.05) is 10.7 Å². The van der Waals surface area contributed by atoms with Crippen molar-refractivity contribution in [2.24, 2.45) is 4.99 Å². The molecule has 0 aliphatic carbocycles. The van der Waals surface area contributed by atoms with Crippen LogP contribution in [0.5, 0.6) is 5.75 Å². The quantitative estimate of drug-likeness (QED) is 0.120. The number of thiocarbonyl (C=S) groups is 1. The molecule has 1 amide bonds. The number of nitrogens with one attached hydrogen (secondary N) is 2. The van der Waals surface area contributed by atoms with Crippen LogP contribution >= 0.6 is 35.6 Å². The molecule has 1 saturated heterocycles. The summed E-state index contributed by atoms with van der Waals surface area (Å²) in [6.45, 7) is 1.82. The number of amidine groups is 1. The molecule has 1 atom stereocenters. The number of benzene rings is 3. The average Bonchev–Trinajstić information content (AvgIpc) is 3.62. The number of rotatable bonds is 7. The van der Waals surface area contributed by atoms with Crippen molar-refractivity contribution in [1.82, 2.24) is 25.6 Å². The highest BCUT2D eigenvalue weighted by atomic mass is 35.5. The van der Waals surface area contributed by atoms with Crippen LogP contribution in [-0.2, 0) is 11.0 Å². The van der Waals surface area contributed by atoms with Crippen LogP contribution in [0.2, 0.25) is 5.02 Å². The lowest BCUT2D eigenvalue weighted by molar-refractivity contribution is -0.274. The zero-order chi connectivity index (χ0) is 33.2. The van der Waals surface area contributed by atoms with Crippen molar-refractivity contribution in [1.29, 1.82) is 0 Å².